The van der Waals surface area contributed by atoms with E-state index in [1.54, 1.807) is 13.8 Å². The smallest absolute Gasteiger partial charge is 0.324 e. The SMILES string of the molecule is CC(C)C(CBr)CN1C(=O)NC(C)(C)C1=O. The molecule has 1 fully saturated rings. The minimum atomic E-state index is -0.759. The largest absolute Gasteiger partial charge is 0.325 e. The molecule has 5 heteroatoms. The normalized spacial score (nSPS) is 21.5. The minimum Gasteiger partial charge on any atom is -0.324 e. The van der Waals surface area contributed by atoms with E-state index in [0.29, 0.717) is 18.4 Å². The highest BCUT2D eigenvalue weighted by Crippen LogP contribution is 2.21. The van der Waals surface area contributed by atoms with Crippen LogP contribution >= 0.6 is 15.9 Å². The fraction of sp³-hybridized carbons (Fsp3) is 0.818. The van der Waals surface area contributed by atoms with Crippen LogP contribution in [-0.4, -0.2) is 34.3 Å². The first-order valence-electron chi connectivity index (χ1n) is 5.49. The van der Waals surface area contributed by atoms with Gasteiger partial charge in [0, 0.05) is 11.9 Å². The second kappa shape index (κ2) is 4.73. The molecule has 0 radical (unpaired) electrons. The van der Waals surface area contributed by atoms with E-state index >= 15 is 0 Å². The van der Waals surface area contributed by atoms with Gasteiger partial charge >= 0.3 is 6.03 Å². The number of amides is 3. The summed E-state index contributed by atoms with van der Waals surface area (Å²) in [6.45, 7) is 8.12. The third kappa shape index (κ3) is 2.56. The standard InChI is InChI=1S/C11H19BrN2O2/c1-7(2)8(5-12)6-14-9(15)11(3,4)13-10(14)16/h7-8H,5-6H2,1-4H3,(H,13,16). The van der Waals surface area contributed by atoms with E-state index in [2.05, 4.69) is 35.1 Å². The molecule has 0 aromatic rings. The van der Waals surface area contributed by atoms with E-state index in [9.17, 15) is 9.59 Å². The highest BCUT2D eigenvalue weighted by atomic mass is 79.9. The lowest BCUT2D eigenvalue weighted by molar-refractivity contribution is -0.130. The van der Waals surface area contributed by atoms with Gasteiger partial charge in [0.05, 0.1) is 0 Å². The van der Waals surface area contributed by atoms with Crippen molar-refractivity contribution >= 4 is 27.9 Å². The molecule has 0 aliphatic carbocycles. The lowest BCUT2D eigenvalue weighted by Gasteiger charge is -2.23. The Balaban J connectivity index is 2.75. The predicted molar refractivity (Wildman–Crippen MR) is 66.4 cm³/mol. The first kappa shape index (κ1) is 13.5. The zero-order valence-electron chi connectivity index (χ0n) is 10.2. The molecule has 0 aromatic heterocycles. The van der Waals surface area contributed by atoms with E-state index < -0.39 is 5.54 Å². The molecule has 1 N–H and O–H groups in total. The number of urea groups is 1. The maximum Gasteiger partial charge on any atom is 0.325 e. The molecule has 0 aromatic carbocycles. The van der Waals surface area contributed by atoms with E-state index in [4.69, 9.17) is 0 Å². The number of hydrogen-bond acceptors (Lipinski definition) is 2. The van der Waals surface area contributed by atoms with Gasteiger partial charge in [-0.25, -0.2) is 4.79 Å². The molecule has 0 bridgehead atoms. The minimum absolute atomic E-state index is 0.135. The molecular weight excluding hydrogens is 272 g/mol. The molecule has 1 heterocycles. The van der Waals surface area contributed by atoms with Gasteiger partial charge in [-0.05, 0) is 25.7 Å². The van der Waals surface area contributed by atoms with Gasteiger partial charge in [-0.1, -0.05) is 29.8 Å². The molecule has 92 valence electrons. The van der Waals surface area contributed by atoms with Gasteiger partial charge in [0.25, 0.3) is 5.91 Å². The monoisotopic (exact) mass is 290 g/mol. The summed E-state index contributed by atoms with van der Waals surface area (Å²) in [7, 11) is 0. The van der Waals surface area contributed by atoms with Crippen LogP contribution in [0.15, 0.2) is 0 Å². The maximum absolute atomic E-state index is 11.9. The van der Waals surface area contributed by atoms with Crippen molar-refractivity contribution in [1.29, 1.82) is 0 Å². The zero-order valence-corrected chi connectivity index (χ0v) is 11.8. The molecule has 1 atom stereocenters. The number of carbonyl (C=O) groups excluding carboxylic acids is 2. The van der Waals surface area contributed by atoms with Crippen molar-refractivity contribution in [3.8, 4) is 0 Å². The Labute approximate surface area is 105 Å². The number of hydrogen-bond donors (Lipinski definition) is 1. The number of halogens is 1. The lowest BCUT2D eigenvalue weighted by atomic mass is 9.97. The summed E-state index contributed by atoms with van der Waals surface area (Å²) in [6.07, 6.45) is 0. The van der Waals surface area contributed by atoms with Crippen molar-refractivity contribution < 1.29 is 9.59 Å². The molecule has 1 saturated heterocycles. The van der Waals surface area contributed by atoms with Gasteiger partial charge in [0.2, 0.25) is 0 Å². The molecule has 0 spiro atoms. The van der Waals surface area contributed by atoms with E-state index in [0.717, 1.165) is 5.33 Å². The summed E-state index contributed by atoms with van der Waals surface area (Å²) in [5.74, 6) is 0.594. The van der Waals surface area contributed by atoms with Crippen molar-refractivity contribution in [2.45, 2.75) is 33.2 Å². The molecule has 0 saturated carbocycles. The molecule has 4 nitrogen and oxygen atoms in total. The summed E-state index contributed by atoms with van der Waals surface area (Å²) in [5, 5.41) is 3.48. The van der Waals surface area contributed by atoms with Crippen molar-refractivity contribution in [2.75, 3.05) is 11.9 Å². The number of carbonyl (C=O) groups is 2. The van der Waals surface area contributed by atoms with Crippen molar-refractivity contribution in [3.05, 3.63) is 0 Å². The average molecular weight is 291 g/mol. The second-order valence-corrected chi connectivity index (χ2v) is 5.78. The van der Waals surface area contributed by atoms with Gasteiger partial charge in [-0.3, -0.25) is 9.69 Å². The van der Waals surface area contributed by atoms with Crippen molar-refractivity contribution in [1.82, 2.24) is 10.2 Å². The van der Waals surface area contributed by atoms with Crippen LogP contribution in [0.3, 0.4) is 0 Å². The number of nitrogens with zero attached hydrogens (tertiary/aromatic N) is 1. The van der Waals surface area contributed by atoms with Gasteiger partial charge in [0.1, 0.15) is 5.54 Å². The third-order valence-corrected chi connectivity index (χ3v) is 3.83. The van der Waals surface area contributed by atoms with Crippen LogP contribution in [0.25, 0.3) is 0 Å². The predicted octanol–water partition coefficient (Wildman–Crippen LogP) is 1.98. The summed E-state index contributed by atoms with van der Waals surface area (Å²) < 4.78 is 0. The average Bonchev–Trinajstić information content (AvgIpc) is 2.34. The second-order valence-electron chi connectivity index (χ2n) is 5.13. The Kier molecular flexibility index (Phi) is 3.99. The summed E-state index contributed by atoms with van der Waals surface area (Å²) in [6, 6.07) is -0.276. The van der Waals surface area contributed by atoms with E-state index in [-0.39, 0.29) is 11.9 Å². The zero-order chi connectivity index (χ0) is 12.5. The number of rotatable bonds is 4. The fourth-order valence-electron chi connectivity index (χ4n) is 1.66. The van der Waals surface area contributed by atoms with Gasteiger partial charge in [-0.15, -0.1) is 0 Å². The molecular formula is C11H19BrN2O2. The lowest BCUT2D eigenvalue weighted by Crippen LogP contribution is -2.41. The van der Waals surface area contributed by atoms with Gasteiger partial charge < -0.3 is 5.32 Å². The summed E-state index contributed by atoms with van der Waals surface area (Å²) in [4.78, 5) is 24.9. The Bertz CT molecular complexity index is 302. The molecule has 1 aliphatic heterocycles. The van der Waals surface area contributed by atoms with Gasteiger partial charge in [0.15, 0.2) is 0 Å². The van der Waals surface area contributed by atoms with Crippen LogP contribution in [-0.2, 0) is 4.79 Å². The highest BCUT2D eigenvalue weighted by Gasteiger charge is 2.44. The topological polar surface area (TPSA) is 49.4 Å². The Morgan fingerprint density at radius 3 is 2.25 bits per heavy atom. The third-order valence-electron chi connectivity index (χ3n) is 3.00. The van der Waals surface area contributed by atoms with Crippen LogP contribution in [0.4, 0.5) is 4.79 Å². The van der Waals surface area contributed by atoms with Crippen LogP contribution in [0.1, 0.15) is 27.7 Å². The Hall–Kier alpha value is -0.580. The van der Waals surface area contributed by atoms with Crippen LogP contribution in [0.2, 0.25) is 0 Å². The Morgan fingerprint density at radius 1 is 1.38 bits per heavy atom. The first-order chi connectivity index (χ1) is 7.29. The van der Waals surface area contributed by atoms with Crippen LogP contribution < -0.4 is 5.32 Å². The van der Waals surface area contributed by atoms with E-state index in [1.807, 2.05) is 0 Å². The maximum atomic E-state index is 11.9. The van der Waals surface area contributed by atoms with Crippen molar-refractivity contribution in [3.63, 3.8) is 0 Å². The van der Waals surface area contributed by atoms with Crippen LogP contribution in [0, 0.1) is 11.8 Å². The van der Waals surface area contributed by atoms with Crippen molar-refractivity contribution in [2.24, 2.45) is 11.8 Å². The van der Waals surface area contributed by atoms with Crippen LogP contribution in [0.5, 0.6) is 0 Å². The molecule has 1 aliphatic rings. The van der Waals surface area contributed by atoms with E-state index in [1.165, 1.54) is 4.90 Å². The summed E-state index contributed by atoms with van der Waals surface area (Å²) >= 11 is 3.42. The highest BCUT2D eigenvalue weighted by molar-refractivity contribution is 9.09. The first-order valence-corrected chi connectivity index (χ1v) is 6.61. The molecule has 1 unspecified atom stereocenters. The summed E-state index contributed by atoms with van der Waals surface area (Å²) in [5.41, 5.74) is -0.759. The number of alkyl halides is 1. The molecule has 3 amide bonds. The number of nitrogens with one attached hydrogen (secondary N) is 1. The Morgan fingerprint density at radius 2 is 1.94 bits per heavy atom. The molecule has 1 rings (SSSR count). The fourth-order valence-corrected chi connectivity index (χ4v) is 2.61. The van der Waals surface area contributed by atoms with Gasteiger partial charge in [-0.2, -0.15) is 0 Å². The molecule has 16 heavy (non-hydrogen) atoms. The quantitative estimate of drug-likeness (QED) is 0.636. The number of imide groups is 1.